The first-order valence-corrected chi connectivity index (χ1v) is 10.4. The van der Waals surface area contributed by atoms with E-state index < -0.39 is 16.8 Å². The molecule has 0 atom stereocenters. The van der Waals surface area contributed by atoms with Crippen molar-refractivity contribution in [3.05, 3.63) is 62.0 Å². The quantitative estimate of drug-likeness (QED) is 0.316. The molecule has 1 aliphatic rings. The molecule has 0 fully saturated rings. The Morgan fingerprint density at radius 3 is 2.81 bits per heavy atom. The first kappa shape index (κ1) is 22.2. The summed E-state index contributed by atoms with van der Waals surface area (Å²) in [5, 5.41) is 14.0. The van der Waals surface area contributed by atoms with Gasteiger partial charge in [-0.05, 0) is 30.5 Å². The molecular formula is C21H21N3O6S. The van der Waals surface area contributed by atoms with Gasteiger partial charge in [-0.1, -0.05) is 12.1 Å². The van der Waals surface area contributed by atoms with Crippen molar-refractivity contribution in [1.82, 2.24) is 4.90 Å². The molecule has 0 saturated heterocycles. The first-order valence-electron chi connectivity index (χ1n) is 9.60. The van der Waals surface area contributed by atoms with Gasteiger partial charge in [-0.25, -0.2) is 4.79 Å². The average Bonchev–Trinajstić information content (AvgIpc) is 3.09. The van der Waals surface area contributed by atoms with Gasteiger partial charge in [0, 0.05) is 36.6 Å². The van der Waals surface area contributed by atoms with Gasteiger partial charge in [0.1, 0.15) is 5.00 Å². The second-order valence-electron chi connectivity index (χ2n) is 6.79. The first-order chi connectivity index (χ1) is 14.8. The largest absolute Gasteiger partial charge is 0.462 e. The highest BCUT2D eigenvalue weighted by Gasteiger charge is 2.30. The Kier molecular flexibility index (Phi) is 6.81. The maximum absolute atomic E-state index is 12.5. The summed E-state index contributed by atoms with van der Waals surface area (Å²) < 4.78 is 5.17. The smallest absolute Gasteiger partial charge is 0.341 e. The fourth-order valence-electron chi connectivity index (χ4n) is 3.25. The zero-order valence-corrected chi connectivity index (χ0v) is 17.9. The minimum Gasteiger partial charge on any atom is -0.462 e. The van der Waals surface area contributed by atoms with Crippen molar-refractivity contribution < 1.29 is 24.0 Å². The van der Waals surface area contributed by atoms with Crippen LogP contribution in [0.2, 0.25) is 0 Å². The van der Waals surface area contributed by atoms with Gasteiger partial charge in [0.15, 0.2) is 0 Å². The minimum absolute atomic E-state index is 0.0535. The van der Waals surface area contributed by atoms with Crippen molar-refractivity contribution in [1.29, 1.82) is 0 Å². The summed E-state index contributed by atoms with van der Waals surface area (Å²) in [6.45, 7) is 4.26. The van der Waals surface area contributed by atoms with Crippen LogP contribution < -0.4 is 5.32 Å². The van der Waals surface area contributed by atoms with E-state index in [1.807, 2.05) is 0 Å². The van der Waals surface area contributed by atoms with Crippen LogP contribution in [0.5, 0.6) is 0 Å². The average molecular weight is 443 g/mol. The SMILES string of the molecule is CCOC(=O)c1c(NC(=O)C=Cc2cccc([N+](=O)[O-])c2)sc2c1CCN(C(C)=O)C2. The van der Waals surface area contributed by atoms with Gasteiger partial charge in [-0.2, -0.15) is 0 Å². The summed E-state index contributed by atoms with van der Waals surface area (Å²) in [4.78, 5) is 49.6. The highest BCUT2D eigenvalue weighted by molar-refractivity contribution is 7.17. The van der Waals surface area contributed by atoms with Crippen molar-refractivity contribution in [3.8, 4) is 0 Å². The molecule has 0 unspecified atom stereocenters. The highest BCUT2D eigenvalue weighted by atomic mass is 32.1. The van der Waals surface area contributed by atoms with Crippen molar-refractivity contribution >= 4 is 45.9 Å². The van der Waals surface area contributed by atoms with E-state index in [4.69, 9.17) is 4.74 Å². The number of anilines is 1. The van der Waals surface area contributed by atoms with Crippen LogP contribution in [0.15, 0.2) is 30.3 Å². The summed E-state index contributed by atoms with van der Waals surface area (Å²) in [6, 6.07) is 5.89. The molecule has 3 rings (SSSR count). The number of carbonyl (C=O) groups is 3. The van der Waals surface area contributed by atoms with Crippen LogP contribution >= 0.6 is 11.3 Å². The Morgan fingerprint density at radius 1 is 1.35 bits per heavy atom. The molecule has 1 aromatic heterocycles. The topological polar surface area (TPSA) is 119 Å². The number of nitro groups is 1. The summed E-state index contributed by atoms with van der Waals surface area (Å²) in [6.07, 6.45) is 3.20. The molecule has 1 N–H and O–H groups in total. The number of non-ortho nitro benzene ring substituents is 1. The number of amides is 2. The lowest BCUT2D eigenvalue weighted by atomic mass is 10.0. The predicted octanol–water partition coefficient (Wildman–Crippen LogP) is 3.39. The van der Waals surface area contributed by atoms with Gasteiger partial charge in [-0.3, -0.25) is 19.7 Å². The number of carbonyl (C=O) groups excluding carboxylic acids is 3. The number of nitrogens with zero attached hydrogens (tertiary/aromatic N) is 2. The van der Waals surface area contributed by atoms with Gasteiger partial charge in [0.2, 0.25) is 11.8 Å². The molecule has 9 nitrogen and oxygen atoms in total. The molecule has 2 aromatic rings. The number of nitro benzene ring substituents is 1. The van der Waals surface area contributed by atoms with Crippen LogP contribution in [0.3, 0.4) is 0 Å². The van der Waals surface area contributed by atoms with Crippen LogP contribution in [-0.4, -0.2) is 40.8 Å². The van der Waals surface area contributed by atoms with E-state index in [1.54, 1.807) is 17.9 Å². The second kappa shape index (κ2) is 9.52. The van der Waals surface area contributed by atoms with Crippen molar-refractivity contribution in [2.75, 3.05) is 18.5 Å². The van der Waals surface area contributed by atoms with Crippen molar-refractivity contribution in [3.63, 3.8) is 0 Å². The third-order valence-electron chi connectivity index (χ3n) is 4.73. The maximum atomic E-state index is 12.5. The Labute approximate surface area is 182 Å². The minimum atomic E-state index is -0.519. The van der Waals surface area contributed by atoms with Crippen LogP contribution in [0, 0.1) is 10.1 Å². The number of hydrogen-bond acceptors (Lipinski definition) is 7. The van der Waals surface area contributed by atoms with Crippen LogP contribution in [-0.2, 0) is 27.3 Å². The fraction of sp³-hybridized carbons (Fsp3) is 0.286. The molecule has 2 heterocycles. The standard InChI is InChI=1S/C21H21N3O6S/c1-3-30-21(27)19-16-9-10-23(13(2)25)12-17(16)31-20(19)22-18(26)8-7-14-5-4-6-15(11-14)24(28)29/h4-8,11H,3,9-10,12H2,1-2H3,(H,22,26). The molecule has 0 saturated carbocycles. The van der Waals surface area contributed by atoms with E-state index in [9.17, 15) is 24.5 Å². The number of thiophene rings is 1. The third kappa shape index (κ3) is 5.15. The number of esters is 1. The summed E-state index contributed by atoms with van der Waals surface area (Å²) in [7, 11) is 0. The van der Waals surface area contributed by atoms with Crippen LogP contribution in [0.25, 0.3) is 6.08 Å². The van der Waals surface area contributed by atoms with E-state index in [1.165, 1.54) is 48.6 Å². The number of hydrogen-bond donors (Lipinski definition) is 1. The molecule has 1 aliphatic heterocycles. The van der Waals surface area contributed by atoms with E-state index in [0.29, 0.717) is 35.6 Å². The Hall–Kier alpha value is -3.53. The normalized spacial score (nSPS) is 13.0. The molecule has 0 aliphatic carbocycles. The Bertz CT molecular complexity index is 1080. The monoisotopic (exact) mass is 443 g/mol. The van der Waals surface area contributed by atoms with Crippen LogP contribution in [0.1, 0.15) is 40.2 Å². The van der Waals surface area contributed by atoms with Crippen LogP contribution in [0.4, 0.5) is 10.7 Å². The van der Waals surface area contributed by atoms with Gasteiger partial charge >= 0.3 is 5.97 Å². The molecule has 2 amide bonds. The zero-order chi connectivity index (χ0) is 22.5. The third-order valence-corrected chi connectivity index (χ3v) is 5.86. The van der Waals surface area contributed by atoms with Gasteiger partial charge < -0.3 is 15.0 Å². The molecule has 0 radical (unpaired) electrons. The van der Waals surface area contributed by atoms with E-state index >= 15 is 0 Å². The number of fused-ring (bicyclic) bond motifs is 1. The Balaban J connectivity index is 1.84. The lowest BCUT2D eigenvalue weighted by molar-refractivity contribution is -0.384. The number of nitrogens with one attached hydrogen (secondary N) is 1. The molecule has 0 spiro atoms. The molecule has 1 aromatic carbocycles. The second-order valence-corrected chi connectivity index (χ2v) is 7.90. The van der Waals surface area contributed by atoms with Crippen molar-refractivity contribution in [2.24, 2.45) is 0 Å². The molecule has 162 valence electrons. The van der Waals surface area contributed by atoms with Gasteiger partial charge in [-0.15, -0.1) is 11.3 Å². The summed E-state index contributed by atoms with van der Waals surface area (Å²) >= 11 is 1.24. The fourth-order valence-corrected chi connectivity index (χ4v) is 4.50. The van der Waals surface area contributed by atoms with E-state index in [-0.39, 0.29) is 18.2 Å². The number of ether oxygens (including phenoxy) is 1. The molecule has 10 heteroatoms. The predicted molar refractivity (Wildman–Crippen MR) is 116 cm³/mol. The maximum Gasteiger partial charge on any atom is 0.341 e. The summed E-state index contributed by atoms with van der Waals surface area (Å²) in [5.41, 5.74) is 1.53. The molecule has 0 bridgehead atoms. The van der Waals surface area contributed by atoms with E-state index in [2.05, 4.69) is 5.32 Å². The zero-order valence-electron chi connectivity index (χ0n) is 17.0. The van der Waals surface area contributed by atoms with Gasteiger partial charge in [0.25, 0.3) is 5.69 Å². The van der Waals surface area contributed by atoms with Gasteiger partial charge in [0.05, 0.1) is 23.6 Å². The molecular weight excluding hydrogens is 422 g/mol. The number of benzene rings is 1. The molecule has 31 heavy (non-hydrogen) atoms. The lowest BCUT2D eigenvalue weighted by Crippen LogP contribution is -2.34. The van der Waals surface area contributed by atoms with E-state index in [0.717, 1.165) is 10.4 Å². The summed E-state index contributed by atoms with van der Waals surface area (Å²) in [5.74, 6) is -1.06. The highest BCUT2D eigenvalue weighted by Crippen LogP contribution is 2.37. The number of rotatable bonds is 6. The lowest BCUT2D eigenvalue weighted by Gasteiger charge is -2.25. The Morgan fingerprint density at radius 2 is 2.13 bits per heavy atom. The van der Waals surface area contributed by atoms with Crippen molar-refractivity contribution in [2.45, 2.75) is 26.8 Å².